The van der Waals surface area contributed by atoms with Gasteiger partial charge in [-0.25, -0.2) is 15.0 Å². The first-order chi connectivity index (χ1) is 16.0. The molecule has 4 heterocycles. The van der Waals surface area contributed by atoms with Crippen LogP contribution in [0.1, 0.15) is 61.2 Å². The molecule has 1 amide bonds. The molecule has 2 unspecified atom stereocenters. The predicted molar refractivity (Wildman–Crippen MR) is 133 cm³/mol. The van der Waals surface area contributed by atoms with Crippen molar-refractivity contribution >= 4 is 51.2 Å². The number of hydrogen-bond acceptors (Lipinski definition) is 7. The number of halogens is 1. The first kappa shape index (κ1) is 22.4. The van der Waals surface area contributed by atoms with Crippen molar-refractivity contribution in [2.24, 2.45) is 5.92 Å². The number of amides is 1. The summed E-state index contributed by atoms with van der Waals surface area (Å²) in [4.78, 5) is 30.8. The van der Waals surface area contributed by atoms with Gasteiger partial charge in [-0.1, -0.05) is 36.8 Å². The molecule has 0 spiro atoms. The minimum absolute atomic E-state index is 0.0866. The highest BCUT2D eigenvalue weighted by molar-refractivity contribution is 7.17. The predicted octanol–water partition coefficient (Wildman–Crippen LogP) is 5.78. The summed E-state index contributed by atoms with van der Waals surface area (Å²) >= 11 is 8.75. The normalized spacial score (nSPS) is 18.8. The van der Waals surface area contributed by atoms with E-state index in [4.69, 9.17) is 16.6 Å². The van der Waals surface area contributed by atoms with Crippen LogP contribution in [-0.4, -0.2) is 36.5 Å². The first-order valence-electron chi connectivity index (χ1n) is 11.2. The van der Waals surface area contributed by atoms with Crippen LogP contribution in [0, 0.1) is 5.92 Å². The monoisotopic (exact) mass is 500 g/mol. The van der Waals surface area contributed by atoms with Gasteiger partial charge in [-0.05, 0) is 37.7 Å². The molecule has 4 aromatic heterocycles. The number of hydrogen-bond donors (Lipinski definition) is 1. The van der Waals surface area contributed by atoms with E-state index in [9.17, 15) is 4.79 Å². The minimum atomic E-state index is -0.148. The van der Waals surface area contributed by atoms with E-state index in [-0.39, 0.29) is 18.0 Å². The van der Waals surface area contributed by atoms with Gasteiger partial charge >= 0.3 is 0 Å². The van der Waals surface area contributed by atoms with Crippen LogP contribution < -0.4 is 5.32 Å². The van der Waals surface area contributed by atoms with E-state index in [0.717, 1.165) is 59.7 Å². The number of aromatic nitrogens is 5. The number of nitrogens with zero attached hydrogens (tertiary/aromatic N) is 5. The summed E-state index contributed by atoms with van der Waals surface area (Å²) in [6.07, 6.45) is 10.00. The largest absolute Gasteiger partial charge is 0.347 e. The Morgan fingerprint density at radius 2 is 2.15 bits per heavy atom. The van der Waals surface area contributed by atoms with Crippen molar-refractivity contribution in [3.8, 4) is 10.7 Å². The second kappa shape index (κ2) is 9.48. The Balaban J connectivity index is 1.46. The van der Waals surface area contributed by atoms with Crippen LogP contribution in [0.25, 0.3) is 21.7 Å². The van der Waals surface area contributed by atoms with E-state index in [1.807, 2.05) is 11.6 Å². The van der Waals surface area contributed by atoms with E-state index in [0.29, 0.717) is 15.3 Å². The Kier molecular flexibility index (Phi) is 6.44. The van der Waals surface area contributed by atoms with Crippen molar-refractivity contribution in [3.63, 3.8) is 0 Å². The maximum absolute atomic E-state index is 12.7. The maximum atomic E-state index is 12.7. The zero-order valence-corrected chi connectivity index (χ0v) is 20.9. The fourth-order valence-electron chi connectivity index (χ4n) is 4.57. The molecular weight excluding hydrogens is 476 g/mol. The lowest BCUT2D eigenvalue weighted by atomic mass is 9.90. The molecule has 1 saturated carbocycles. The van der Waals surface area contributed by atoms with Crippen LogP contribution in [0.5, 0.6) is 0 Å². The topological polar surface area (TPSA) is 85.6 Å². The Morgan fingerprint density at radius 3 is 2.88 bits per heavy atom. The molecule has 0 aliphatic heterocycles. The fraction of sp³-hybridized carbons (Fsp3) is 0.435. The van der Waals surface area contributed by atoms with E-state index in [2.05, 4.69) is 44.7 Å². The molecule has 4 aromatic rings. The number of nitrogens with one attached hydrogen (secondary N) is 1. The van der Waals surface area contributed by atoms with Gasteiger partial charge in [-0.15, -0.1) is 11.3 Å². The molecule has 0 aromatic carbocycles. The maximum Gasteiger partial charge on any atom is 0.280 e. The molecule has 5 rings (SSSR count). The van der Waals surface area contributed by atoms with E-state index in [1.165, 1.54) is 17.5 Å². The standard InChI is InChI=1S/C23H25ClN6OS2/c1-13(2)8-20-29-17-11-26-16(22-25-6-7-32-22)10-18(17)30(20)15-5-3-4-14(9-15)28-21(31)23-27-12-19(24)33-23/h6-7,10-15H,3-5,8-9H2,1-2H3,(H,28,31). The summed E-state index contributed by atoms with van der Waals surface area (Å²) in [5.74, 6) is 1.42. The second-order valence-corrected chi connectivity index (χ2v) is 11.4. The molecule has 2 atom stereocenters. The van der Waals surface area contributed by atoms with Crippen LogP contribution in [0.15, 0.2) is 30.0 Å². The molecule has 10 heteroatoms. The van der Waals surface area contributed by atoms with Crippen molar-refractivity contribution in [2.45, 2.75) is 58.0 Å². The Hall–Kier alpha value is -2.36. The molecule has 1 fully saturated rings. The van der Waals surface area contributed by atoms with Crippen LogP contribution in [-0.2, 0) is 6.42 Å². The minimum Gasteiger partial charge on any atom is -0.347 e. The third kappa shape index (κ3) is 4.81. The number of rotatable bonds is 6. The number of carbonyl (C=O) groups is 1. The number of pyridine rings is 1. The molecule has 0 radical (unpaired) electrons. The SMILES string of the molecule is CC(C)Cc1nc2cnc(-c3nccs3)cc2n1C1CCCC(NC(=O)c2ncc(Cl)s2)C1. The molecule has 33 heavy (non-hydrogen) atoms. The Labute approximate surface area is 205 Å². The zero-order chi connectivity index (χ0) is 22.9. The van der Waals surface area contributed by atoms with E-state index in [1.54, 1.807) is 17.5 Å². The molecular formula is C23H25ClN6OS2. The highest BCUT2D eigenvalue weighted by Gasteiger charge is 2.29. The average molecular weight is 501 g/mol. The zero-order valence-electron chi connectivity index (χ0n) is 18.5. The summed E-state index contributed by atoms with van der Waals surface area (Å²) < 4.78 is 2.92. The van der Waals surface area contributed by atoms with E-state index < -0.39 is 0 Å². The first-order valence-corrected chi connectivity index (χ1v) is 13.2. The fourth-order valence-corrected chi connectivity index (χ4v) is 5.99. The summed E-state index contributed by atoms with van der Waals surface area (Å²) in [5.41, 5.74) is 2.88. The van der Waals surface area contributed by atoms with Crippen molar-refractivity contribution in [2.75, 3.05) is 0 Å². The third-order valence-corrected chi connectivity index (χ3v) is 7.82. The quantitative estimate of drug-likeness (QED) is 0.363. The van der Waals surface area contributed by atoms with Crippen LogP contribution in [0.3, 0.4) is 0 Å². The van der Waals surface area contributed by atoms with E-state index >= 15 is 0 Å². The molecule has 0 saturated heterocycles. The van der Waals surface area contributed by atoms with Crippen molar-refractivity contribution < 1.29 is 4.79 Å². The lowest BCUT2D eigenvalue weighted by Crippen LogP contribution is -2.39. The van der Waals surface area contributed by atoms with Gasteiger partial charge in [0.15, 0.2) is 5.01 Å². The molecule has 1 aliphatic rings. The van der Waals surface area contributed by atoms with Gasteiger partial charge in [-0.3, -0.25) is 9.78 Å². The van der Waals surface area contributed by atoms with Gasteiger partial charge in [0.05, 0.1) is 17.9 Å². The van der Waals surface area contributed by atoms with Crippen molar-refractivity contribution in [3.05, 3.63) is 45.2 Å². The van der Waals surface area contributed by atoms with Crippen LogP contribution >= 0.6 is 34.3 Å². The van der Waals surface area contributed by atoms with Gasteiger partial charge in [0.25, 0.3) is 5.91 Å². The van der Waals surface area contributed by atoms with Crippen molar-refractivity contribution in [1.29, 1.82) is 0 Å². The summed E-state index contributed by atoms with van der Waals surface area (Å²) in [5, 5.41) is 6.46. The smallest absolute Gasteiger partial charge is 0.280 e. The summed E-state index contributed by atoms with van der Waals surface area (Å²) in [6, 6.07) is 2.46. The summed E-state index contributed by atoms with van der Waals surface area (Å²) in [6.45, 7) is 4.43. The third-order valence-electron chi connectivity index (χ3n) is 5.91. The van der Waals surface area contributed by atoms with Gasteiger partial charge in [0.1, 0.15) is 26.4 Å². The van der Waals surface area contributed by atoms with Gasteiger partial charge < -0.3 is 9.88 Å². The summed E-state index contributed by atoms with van der Waals surface area (Å²) in [7, 11) is 0. The highest BCUT2D eigenvalue weighted by atomic mass is 35.5. The molecule has 1 N–H and O–H groups in total. The van der Waals surface area contributed by atoms with Crippen LogP contribution in [0.4, 0.5) is 0 Å². The van der Waals surface area contributed by atoms with Crippen LogP contribution in [0.2, 0.25) is 4.34 Å². The number of carbonyl (C=O) groups excluding carboxylic acids is 1. The Morgan fingerprint density at radius 1 is 1.27 bits per heavy atom. The molecule has 1 aliphatic carbocycles. The number of imidazole rings is 1. The Bertz CT molecular complexity index is 1270. The average Bonchev–Trinajstić information content (AvgIpc) is 3.52. The second-order valence-electron chi connectivity index (χ2n) is 8.85. The van der Waals surface area contributed by atoms with Crippen molar-refractivity contribution in [1.82, 2.24) is 29.8 Å². The lowest BCUT2D eigenvalue weighted by Gasteiger charge is -2.32. The molecule has 7 nitrogen and oxygen atoms in total. The number of fused-ring (bicyclic) bond motifs is 1. The number of thiazole rings is 2. The lowest BCUT2D eigenvalue weighted by molar-refractivity contribution is 0.0920. The molecule has 0 bridgehead atoms. The van der Waals surface area contributed by atoms with Gasteiger partial charge in [0, 0.05) is 30.1 Å². The van der Waals surface area contributed by atoms with Gasteiger partial charge in [0.2, 0.25) is 0 Å². The molecule has 172 valence electrons. The highest BCUT2D eigenvalue weighted by Crippen LogP contribution is 2.35. The van der Waals surface area contributed by atoms with Gasteiger partial charge in [-0.2, -0.15) is 0 Å².